The lowest BCUT2D eigenvalue weighted by molar-refractivity contribution is -0.148. The molecule has 0 saturated carbocycles. The molecule has 4 heteroatoms. The first kappa shape index (κ1) is 15.2. The highest BCUT2D eigenvalue weighted by molar-refractivity contribution is 9.10. The van der Waals surface area contributed by atoms with E-state index in [1.54, 1.807) is 13.8 Å². The Morgan fingerprint density at radius 3 is 2.39 bits per heavy atom. The van der Waals surface area contributed by atoms with Crippen molar-refractivity contribution in [1.29, 1.82) is 0 Å². The van der Waals surface area contributed by atoms with Crippen LogP contribution >= 0.6 is 15.9 Å². The number of aliphatic carboxylic acids is 1. The van der Waals surface area contributed by atoms with Crippen molar-refractivity contribution in [3.05, 3.63) is 33.3 Å². The molecule has 100 valence electrons. The van der Waals surface area contributed by atoms with E-state index in [9.17, 15) is 9.90 Å². The van der Waals surface area contributed by atoms with Crippen molar-refractivity contribution in [1.82, 2.24) is 0 Å². The lowest BCUT2D eigenvalue weighted by Gasteiger charge is -2.24. The number of carboxylic acid groups (broad SMARTS) is 1. The average molecular weight is 315 g/mol. The number of aliphatic hydroxyl groups excluding tert-OH is 1. The Labute approximate surface area is 116 Å². The van der Waals surface area contributed by atoms with Crippen molar-refractivity contribution in [3.63, 3.8) is 0 Å². The van der Waals surface area contributed by atoms with Crippen LogP contribution in [0.1, 0.15) is 43.1 Å². The summed E-state index contributed by atoms with van der Waals surface area (Å²) in [5, 5.41) is 19.3. The lowest BCUT2D eigenvalue weighted by atomic mass is 9.84. The molecule has 0 aliphatic rings. The largest absolute Gasteiger partial charge is 0.481 e. The molecule has 0 aromatic heterocycles. The number of carboxylic acids is 1. The highest BCUT2D eigenvalue weighted by Gasteiger charge is 2.31. The summed E-state index contributed by atoms with van der Waals surface area (Å²) in [7, 11) is 0. The first-order valence-corrected chi connectivity index (χ1v) is 6.62. The van der Waals surface area contributed by atoms with Crippen molar-refractivity contribution in [2.75, 3.05) is 0 Å². The molecule has 3 nitrogen and oxygen atoms in total. The Balaban J connectivity index is 3.01. The van der Waals surface area contributed by atoms with Crippen LogP contribution in [-0.2, 0) is 4.79 Å². The van der Waals surface area contributed by atoms with Gasteiger partial charge in [0.25, 0.3) is 0 Å². The molecule has 0 radical (unpaired) electrons. The summed E-state index contributed by atoms with van der Waals surface area (Å²) in [6, 6.07) is 3.85. The minimum absolute atomic E-state index is 0.199. The van der Waals surface area contributed by atoms with Crippen LogP contribution in [0.2, 0.25) is 0 Å². The standard InChI is InChI=1S/C14H19BrO3/c1-8-6-11(15)9(2)5-10(8)12(16)7-14(3,4)13(17)18/h5-6,12,16H,7H2,1-4H3,(H,17,18). The van der Waals surface area contributed by atoms with E-state index in [0.717, 1.165) is 21.2 Å². The smallest absolute Gasteiger partial charge is 0.309 e. The third-order valence-electron chi connectivity index (χ3n) is 3.19. The van der Waals surface area contributed by atoms with Crippen LogP contribution < -0.4 is 0 Å². The van der Waals surface area contributed by atoms with E-state index in [4.69, 9.17) is 5.11 Å². The Bertz CT molecular complexity index is 466. The van der Waals surface area contributed by atoms with Gasteiger partial charge in [0.1, 0.15) is 0 Å². The summed E-state index contributed by atoms with van der Waals surface area (Å²) in [5.74, 6) is -0.895. The van der Waals surface area contributed by atoms with E-state index in [2.05, 4.69) is 15.9 Å². The van der Waals surface area contributed by atoms with Gasteiger partial charge in [-0.15, -0.1) is 0 Å². The number of aliphatic hydroxyl groups is 1. The molecule has 0 aliphatic carbocycles. The Morgan fingerprint density at radius 1 is 1.33 bits per heavy atom. The third kappa shape index (κ3) is 3.33. The van der Waals surface area contributed by atoms with Gasteiger partial charge in [-0.3, -0.25) is 4.79 Å². The monoisotopic (exact) mass is 314 g/mol. The molecule has 0 fully saturated rings. The molecule has 0 saturated heterocycles. The van der Waals surface area contributed by atoms with Gasteiger partial charge in [0.15, 0.2) is 0 Å². The highest BCUT2D eigenvalue weighted by atomic mass is 79.9. The van der Waals surface area contributed by atoms with Gasteiger partial charge in [-0.1, -0.05) is 22.0 Å². The normalized spacial score (nSPS) is 13.4. The topological polar surface area (TPSA) is 57.5 Å². The molecular weight excluding hydrogens is 296 g/mol. The lowest BCUT2D eigenvalue weighted by Crippen LogP contribution is -2.26. The van der Waals surface area contributed by atoms with Crippen LogP contribution in [0.4, 0.5) is 0 Å². The van der Waals surface area contributed by atoms with Gasteiger partial charge < -0.3 is 10.2 Å². The van der Waals surface area contributed by atoms with Crippen molar-refractivity contribution in [3.8, 4) is 0 Å². The maximum atomic E-state index is 11.1. The van der Waals surface area contributed by atoms with Crippen LogP contribution in [0.3, 0.4) is 0 Å². The molecule has 0 heterocycles. The van der Waals surface area contributed by atoms with E-state index in [1.807, 2.05) is 26.0 Å². The summed E-state index contributed by atoms with van der Waals surface area (Å²) in [4.78, 5) is 11.1. The second kappa shape index (κ2) is 5.41. The van der Waals surface area contributed by atoms with Crippen LogP contribution in [0.25, 0.3) is 0 Å². The fourth-order valence-electron chi connectivity index (χ4n) is 1.84. The molecular formula is C14H19BrO3. The molecule has 1 atom stereocenters. The molecule has 0 spiro atoms. The zero-order chi connectivity index (χ0) is 14.1. The van der Waals surface area contributed by atoms with Crippen molar-refractivity contribution >= 4 is 21.9 Å². The summed E-state index contributed by atoms with van der Waals surface area (Å²) in [6.45, 7) is 7.11. The second-order valence-corrected chi connectivity index (χ2v) is 6.22. The maximum absolute atomic E-state index is 11.1. The number of hydrogen-bond donors (Lipinski definition) is 2. The minimum atomic E-state index is -0.938. The molecule has 18 heavy (non-hydrogen) atoms. The number of carbonyl (C=O) groups is 1. The van der Waals surface area contributed by atoms with E-state index in [1.165, 1.54) is 0 Å². The molecule has 0 bridgehead atoms. The van der Waals surface area contributed by atoms with Gasteiger partial charge in [-0.25, -0.2) is 0 Å². The predicted octanol–water partition coefficient (Wildman–Crippen LogP) is 3.60. The van der Waals surface area contributed by atoms with Gasteiger partial charge in [0.2, 0.25) is 0 Å². The average Bonchev–Trinajstić information content (AvgIpc) is 2.22. The summed E-state index contributed by atoms with van der Waals surface area (Å²) < 4.78 is 0.994. The summed E-state index contributed by atoms with van der Waals surface area (Å²) >= 11 is 3.44. The van der Waals surface area contributed by atoms with Gasteiger partial charge in [0.05, 0.1) is 11.5 Å². The highest BCUT2D eigenvalue weighted by Crippen LogP contribution is 2.33. The Morgan fingerprint density at radius 2 is 1.89 bits per heavy atom. The number of hydrogen-bond acceptors (Lipinski definition) is 2. The fourth-order valence-corrected chi connectivity index (χ4v) is 2.30. The maximum Gasteiger partial charge on any atom is 0.309 e. The van der Waals surface area contributed by atoms with E-state index < -0.39 is 17.5 Å². The molecule has 1 aromatic carbocycles. The first-order valence-electron chi connectivity index (χ1n) is 5.83. The van der Waals surface area contributed by atoms with Gasteiger partial charge in [-0.2, -0.15) is 0 Å². The first-order chi connectivity index (χ1) is 8.15. The summed E-state index contributed by atoms with van der Waals surface area (Å²) in [6.07, 6.45) is -0.563. The third-order valence-corrected chi connectivity index (χ3v) is 4.04. The van der Waals surface area contributed by atoms with E-state index in [-0.39, 0.29) is 6.42 Å². The minimum Gasteiger partial charge on any atom is -0.481 e. The fraction of sp³-hybridized carbons (Fsp3) is 0.500. The van der Waals surface area contributed by atoms with E-state index in [0.29, 0.717) is 0 Å². The van der Waals surface area contributed by atoms with Crippen molar-refractivity contribution in [2.24, 2.45) is 5.41 Å². The van der Waals surface area contributed by atoms with Crippen molar-refractivity contribution < 1.29 is 15.0 Å². The van der Waals surface area contributed by atoms with Gasteiger partial charge in [0, 0.05) is 4.47 Å². The molecule has 2 N–H and O–H groups in total. The zero-order valence-corrected chi connectivity index (χ0v) is 12.7. The number of rotatable bonds is 4. The quantitative estimate of drug-likeness (QED) is 0.892. The van der Waals surface area contributed by atoms with Gasteiger partial charge in [-0.05, 0) is 56.9 Å². The molecule has 0 amide bonds. The van der Waals surface area contributed by atoms with Crippen LogP contribution in [0.15, 0.2) is 16.6 Å². The predicted molar refractivity (Wildman–Crippen MR) is 74.6 cm³/mol. The van der Waals surface area contributed by atoms with Crippen LogP contribution in [-0.4, -0.2) is 16.2 Å². The molecule has 1 rings (SSSR count). The van der Waals surface area contributed by atoms with Gasteiger partial charge >= 0.3 is 5.97 Å². The Hall–Kier alpha value is -0.870. The van der Waals surface area contributed by atoms with E-state index >= 15 is 0 Å². The SMILES string of the molecule is Cc1cc(C(O)CC(C)(C)C(=O)O)c(C)cc1Br. The van der Waals surface area contributed by atoms with Crippen LogP contribution in [0.5, 0.6) is 0 Å². The number of benzene rings is 1. The summed E-state index contributed by atoms with van der Waals surface area (Å²) in [5.41, 5.74) is 1.85. The Kier molecular flexibility index (Phi) is 4.56. The second-order valence-electron chi connectivity index (χ2n) is 5.37. The molecule has 0 aliphatic heterocycles. The van der Waals surface area contributed by atoms with Crippen molar-refractivity contribution in [2.45, 2.75) is 40.2 Å². The molecule has 1 unspecified atom stereocenters. The van der Waals surface area contributed by atoms with Crippen LogP contribution in [0, 0.1) is 19.3 Å². The number of halogens is 1. The zero-order valence-electron chi connectivity index (χ0n) is 11.1. The number of aryl methyl sites for hydroxylation is 2. The molecule has 1 aromatic rings.